The Kier molecular flexibility index (Phi) is 3.14. The van der Waals surface area contributed by atoms with E-state index in [1.807, 2.05) is 0 Å². The van der Waals surface area contributed by atoms with Gasteiger partial charge in [0.05, 0.1) is 7.11 Å². The fourth-order valence-electron chi connectivity index (χ4n) is 2.27. The molecule has 3 rings (SSSR count). The molecule has 0 atom stereocenters. The molecule has 0 aliphatic heterocycles. The predicted octanol–water partition coefficient (Wildman–Crippen LogP) is 2.59. The smallest absolute Gasteiger partial charge is 0.197 e. The Labute approximate surface area is 124 Å². The molecule has 0 unspecified atom stereocenters. The summed E-state index contributed by atoms with van der Waals surface area (Å²) in [4.78, 5) is 12.2. The van der Waals surface area contributed by atoms with E-state index < -0.39 is 5.43 Å². The van der Waals surface area contributed by atoms with Gasteiger partial charge in [0.1, 0.15) is 45.3 Å². The summed E-state index contributed by atoms with van der Waals surface area (Å²) in [6, 6.07) is 8.03. The summed E-state index contributed by atoms with van der Waals surface area (Å²) in [7, 11) is 1.41. The Morgan fingerprint density at radius 2 is 1.68 bits per heavy atom. The average molecular weight is 300 g/mol. The van der Waals surface area contributed by atoms with E-state index in [2.05, 4.69) is 0 Å². The average Bonchev–Trinajstić information content (AvgIpc) is 2.46. The third kappa shape index (κ3) is 2.10. The van der Waals surface area contributed by atoms with Crippen LogP contribution in [0.1, 0.15) is 0 Å². The SMILES string of the molecule is COc1cc(O)c2c(=O)cc(-c3c(O)cccc3O)oc2c1. The molecule has 22 heavy (non-hydrogen) atoms. The third-order valence-electron chi connectivity index (χ3n) is 3.29. The maximum absolute atomic E-state index is 12.2. The van der Waals surface area contributed by atoms with Crippen LogP contribution in [0, 0.1) is 0 Å². The lowest BCUT2D eigenvalue weighted by Crippen LogP contribution is -2.01. The number of rotatable bonds is 2. The Balaban J connectivity index is 2.36. The second-order valence-electron chi connectivity index (χ2n) is 4.67. The van der Waals surface area contributed by atoms with Crippen LogP contribution in [-0.4, -0.2) is 22.4 Å². The molecule has 3 N–H and O–H groups in total. The number of methoxy groups -OCH3 is 1. The molecule has 0 spiro atoms. The minimum absolute atomic E-state index is 0.000499. The molecule has 0 saturated heterocycles. The van der Waals surface area contributed by atoms with Crippen molar-refractivity contribution in [2.75, 3.05) is 7.11 Å². The van der Waals surface area contributed by atoms with Crippen molar-refractivity contribution in [2.45, 2.75) is 0 Å². The number of benzene rings is 2. The van der Waals surface area contributed by atoms with Gasteiger partial charge in [0.15, 0.2) is 5.43 Å². The van der Waals surface area contributed by atoms with Crippen LogP contribution in [0.15, 0.2) is 45.6 Å². The monoisotopic (exact) mass is 300 g/mol. The molecule has 0 aliphatic carbocycles. The maximum Gasteiger partial charge on any atom is 0.197 e. The summed E-state index contributed by atoms with van der Waals surface area (Å²) in [6.07, 6.45) is 0. The van der Waals surface area contributed by atoms with Crippen LogP contribution in [0.2, 0.25) is 0 Å². The number of hydrogen-bond donors (Lipinski definition) is 3. The minimum Gasteiger partial charge on any atom is -0.507 e. The Bertz CT molecular complexity index is 906. The molecule has 112 valence electrons. The van der Waals surface area contributed by atoms with Gasteiger partial charge in [-0.2, -0.15) is 0 Å². The van der Waals surface area contributed by atoms with Gasteiger partial charge in [-0.05, 0) is 12.1 Å². The number of phenolic OH excluding ortho intramolecular Hbond substituents is 3. The molecule has 6 nitrogen and oxygen atoms in total. The number of hydrogen-bond acceptors (Lipinski definition) is 6. The standard InChI is InChI=1S/C16H12O6/c1-21-8-5-11(19)16-12(20)7-14(22-13(16)6-8)15-9(17)3-2-4-10(15)18/h2-7,17-19H,1H3. The zero-order valence-corrected chi connectivity index (χ0v) is 11.5. The van der Waals surface area contributed by atoms with Gasteiger partial charge in [0.2, 0.25) is 0 Å². The molecule has 0 radical (unpaired) electrons. The van der Waals surface area contributed by atoms with Crippen LogP contribution in [0.5, 0.6) is 23.0 Å². The number of aromatic hydroxyl groups is 3. The summed E-state index contributed by atoms with van der Waals surface area (Å²) >= 11 is 0. The highest BCUT2D eigenvalue weighted by atomic mass is 16.5. The first-order valence-corrected chi connectivity index (χ1v) is 6.37. The molecule has 6 heteroatoms. The Morgan fingerprint density at radius 1 is 1.00 bits per heavy atom. The van der Waals surface area contributed by atoms with Crippen molar-refractivity contribution in [1.29, 1.82) is 0 Å². The minimum atomic E-state index is -0.501. The highest BCUT2D eigenvalue weighted by Crippen LogP contribution is 2.38. The van der Waals surface area contributed by atoms with E-state index in [0.717, 1.165) is 6.07 Å². The van der Waals surface area contributed by atoms with Crippen LogP contribution in [-0.2, 0) is 0 Å². The predicted molar refractivity (Wildman–Crippen MR) is 79.5 cm³/mol. The fraction of sp³-hybridized carbons (Fsp3) is 0.0625. The zero-order chi connectivity index (χ0) is 15.9. The van der Waals surface area contributed by atoms with Crippen molar-refractivity contribution < 1.29 is 24.5 Å². The van der Waals surface area contributed by atoms with Crippen molar-refractivity contribution >= 4 is 11.0 Å². The summed E-state index contributed by atoms with van der Waals surface area (Å²) in [5.74, 6) is -0.423. The lowest BCUT2D eigenvalue weighted by molar-refractivity contribution is 0.408. The van der Waals surface area contributed by atoms with Crippen molar-refractivity contribution in [3.8, 4) is 34.3 Å². The summed E-state index contributed by atoms with van der Waals surface area (Å²) in [5, 5.41) is 29.6. The Morgan fingerprint density at radius 3 is 2.32 bits per heavy atom. The van der Waals surface area contributed by atoms with Crippen LogP contribution in [0.25, 0.3) is 22.3 Å². The molecule has 0 saturated carbocycles. The Hall–Kier alpha value is -3.15. The second-order valence-corrected chi connectivity index (χ2v) is 4.67. The van der Waals surface area contributed by atoms with Gasteiger partial charge in [-0.3, -0.25) is 4.79 Å². The molecule has 0 amide bonds. The highest BCUT2D eigenvalue weighted by molar-refractivity contribution is 5.87. The topological polar surface area (TPSA) is 100 Å². The van der Waals surface area contributed by atoms with Crippen molar-refractivity contribution in [1.82, 2.24) is 0 Å². The maximum atomic E-state index is 12.2. The van der Waals surface area contributed by atoms with Crippen molar-refractivity contribution in [3.63, 3.8) is 0 Å². The zero-order valence-electron chi connectivity index (χ0n) is 11.5. The van der Waals surface area contributed by atoms with Crippen LogP contribution in [0.4, 0.5) is 0 Å². The van der Waals surface area contributed by atoms with E-state index >= 15 is 0 Å². The quantitative estimate of drug-likeness (QED) is 0.672. The molecular formula is C16H12O6. The van der Waals surface area contributed by atoms with E-state index in [1.165, 1.54) is 37.4 Å². The lowest BCUT2D eigenvalue weighted by atomic mass is 10.1. The molecule has 1 aromatic heterocycles. The van der Waals surface area contributed by atoms with Gasteiger partial charge in [0.25, 0.3) is 0 Å². The normalized spacial score (nSPS) is 10.8. The van der Waals surface area contributed by atoms with Gasteiger partial charge in [-0.15, -0.1) is 0 Å². The number of fused-ring (bicyclic) bond motifs is 1. The molecule has 2 aromatic carbocycles. The number of phenols is 3. The van der Waals surface area contributed by atoms with Crippen LogP contribution < -0.4 is 10.2 Å². The van der Waals surface area contributed by atoms with Gasteiger partial charge in [0, 0.05) is 18.2 Å². The molecule has 1 heterocycles. The first kappa shape index (κ1) is 13.8. The first-order chi connectivity index (χ1) is 10.5. The van der Waals surface area contributed by atoms with Crippen molar-refractivity contribution in [3.05, 3.63) is 46.6 Å². The van der Waals surface area contributed by atoms with E-state index in [1.54, 1.807) is 0 Å². The van der Waals surface area contributed by atoms with Gasteiger partial charge in [-0.1, -0.05) is 6.07 Å². The molecule has 0 fully saturated rings. The van der Waals surface area contributed by atoms with E-state index in [9.17, 15) is 20.1 Å². The summed E-state index contributed by atoms with van der Waals surface area (Å²) in [6.45, 7) is 0. The van der Waals surface area contributed by atoms with Crippen LogP contribution >= 0.6 is 0 Å². The summed E-state index contributed by atoms with van der Waals surface area (Å²) in [5.41, 5.74) is -0.412. The van der Waals surface area contributed by atoms with E-state index in [-0.39, 0.29) is 39.5 Å². The fourth-order valence-corrected chi connectivity index (χ4v) is 2.27. The summed E-state index contributed by atoms with van der Waals surface area (Å²) < 4.78 is 10.6. The lowest BCUT2D eigenvalue weighted by Gasteiger charge is -2.09. The molecule has 3 aromatic rings. The molecule has 0 aliphatic rings. The molecular weight excluding hydrogens is 288 g/mol. The van der Waals surface area contributed by atoms with Gasteiger partial charge in [-0.25, -0.2) is 0 Å². The number of ether oxygens (including phenoxy) is 1. The second kappa shape index (κ2) is 5.00. The largest absolute Gasteiger partial charge is 0.507 e. The van der Waals surface area contributed by atoms with Crippen LogP contribution in [0.3, 0.4) is 0 Å². The van der Waals surface area contributed by atoms with Gasteiger partial charge < -0.3 is 24.5 Å². The van der Waals surface area contributed by atoms with Gasteiger partial charge >= 0.3 is 0 Å². The first-order valence-electron chi connectivity index (χ1n) is 6.37. The van der Waals surface area contributed by atoms with Crippen molar-refractivity contribution in [2.24, 2.45) is 0 Å². The van der Waals surface area contributed by atoms with E-state index in [0.29, 0.717) is 5.75 Å². The molecule has 0 bridgehead atoms. The third-order valence-corrected chi connectivity index (χ3v) is 3.29. The van der Waals surface area contributed by atoms with E-state index in [4.69, 9.17) is 9.15 Å². The highest BCUT2D eigenvalue weighted by Gasteiger charge is 2.17.